The molecule has 1 saturated heterocycles. The lowest BCUT2D eigenvalue weighted by molar-refractivity contribution is 0.0538. The quantitative estimate of drug-likeness (QED) is 0.873. The molecule has 1 atom stereocenters. The Morgan fingerprint density at radius 1 is 1.23 bits per heavy atom. The summed E-state index contributed by atoms with van der Waals surface area (Å²) < 4.78 is 5.92. The highest BCUT2D eigenvalue weighted by molar-refractivity contribution is 6.31. The van der Waals surface area contributed by atoms with Gasteiger partial charge in [0.15, 0.2) is 0 Å². The second-order valence-electron chi connectivity index (χ2n) is 5.18. The average Bonchev–Trinajstić information content (AvgIpc) is 2.57. The van der Waals surface area contributed by atoms with E-state index in [4.69, 9.17) is 16.3 Å². The van der Waals surface area contributed by atoms with Crippen molar-refractivity contribution in [2.45, 2.75) is 18.9 Å². The molecular weight excluding hydrogens is 302 g/mol. The summed E-state index contributed by atoms with van der Waals surface area (Å²) in [7, 11) is 0. The number of hydrogen-bond donors (Lipinski definition) is 0. The lowest BCUT2D eigenvalue weighted by Gasteiger charge is -2.33. The Morgan fingerprint density at radius 2 is 2.00 bits per heavy atom. The number of halogens is 1. The molecule has 0 radical (unpaired) electrons. The van der Waals surface area contributed by atoms with Gasteiger partial charge in [0.1, 0.15) is 16.9 Å². The van der Waals surface area contributed by atoms with E-state index in [2.05, 4.69) is 9.97 Å². The molecule has 6 heteroatoms. The highest BCUT2D eigenvalue weighted by Gasteiger charge is 2.26. The highest BCUT2D eigenvalue weighted by atomic mass is 35.5. The summed E-state index contributed by atoms with van der Waals surface area (Å²) in [4.78, 5) is 22.2. The summed E-state index contributed by atoms with van der Waals surface area (Å²) in [5.74, 6) is 0.622. The van der Waals surface area contributed by atoms with Crippen LogP contribution in [-0.4, -0.2) is 40.0 Å². The molecule has 0 spiro atoms. The fraction of sp³-hybridized carbons (Fsp3) is 0.312. The van der Waals surface area contributed by atoms with Crippen LogP contribution in [-0.2, 0) is 0 Å². The second kappa shape index (κ2) is 6.75. The topological polar surface area (TPSA) is 55.3 Å². The number of ether oxygens (including phenoxy) is 1. The molecule has 3 heterocycles. The van der Waals surface area contributed by atoms with Gasteiger partial charge in [-0.15, -0.1) is 0 Å². The number of carbonyl (C=O) groups is 1. The van der Waals surface area contributed by atoms with Gasteiger partial charge in [-0.1, -0.05) is 11.6 Å². The first-order valence-corrected chi connectivity index (χ1v) is 7.57. The van der Waals surface area contributed by atoms with Gasteiger partial charge < -0.3 is 9.64 Å². The standard InChI is InChI=1S/C16H16ClN3O2/c17-14-10-19-8-5-15(14)22-13-2-1-9-20(11-13)16(21)12-3-6-18-7-4-12/h3-8,10,13H,1-2,9,11H2. The maximum atomic E-state index is 12.5. The van der Waals surface area contributed by atoms with Crippen LogP contribution in [0.2, 0.25) is 5.02 Å². The third-order valence-corrected chi connectivity index (χ3v) is 3.91. The number of nitrogens with zero attached hydrogens (tertiary/aromatic N) is 3. The van der Waals surface area contributed by atoms with Crippen LogP contribution in [0, 0.1) is 0 Å². The lowest BCUT2D eigenvalue weighted by Crippen LogP contribution is -2.44. The Hall–Kier alpha value is -2.14. The number of amides is 1. The molecule has 5 nitrogen and oxygen atoms in total. The molecule has 1 amide bonds. The van der Waals surface area contributed by atoms with Gasteiger partial charge in [0.05, 0.1) is 6.54 Å². The van der Waals surface area contributed by atoms with E-state index >= 15 is 0 Å². The monoisotopic (exact) mass is 317 g/mol. The summed E-state index contributed by atoms with van der Waals surface area (Å²) >= 11 is 6.06. The van der Waals surface area contributed by atoms with E-state index in [1.165, 1.54) is 0 Å². The number of pyridine rings is 2. The van der Waals surface area contributed by atoms with E-state index < -0.39 is 0 Å². The predicted molar refractivity (Wildman–Crippen MR) is 83.0 cm³/mol. The minimum atomic E-state index is -0.0561. The molecule has 0 aromatic carbocycles. The van der Waals surface area contributed by atoms with Gasteiger partial charge in [-0.25, -0.2) is 0 Å². The molecule has 3 rings (SSSR count). The van der Waals surface area contributed by atoms with Crippen molar-refractivity contribution in [2.75, 3.05) is 13.1 Å². The first-order valence-electron chi connectivity index (χ1n) is 7.19. The maximum absolute atomic E-state index is 12.5. The van der Waals surface area contributed by atoms with E-state index in [0.29, 0.717) is 22.9 Å². The maximum Gasteiger partial charge on any atom is 0.254 e. The normalized spacial score (nSPS) is 18.0. The van der Waals surface area contributed by atoms with Crippen LogP contribution in [0.4, 0.5) is 0 Å². The van der Waals surface area contributed by atoms with Gasteiger partial charge in [-0.3, -0.25) is 14.8 Å². The van der Waals surface area contributed by atoms with Crippen LogP contribution in [0.1, 0.15) is 23.2 Å². The van der Waals surface area contributed by atoms with E-state index in [0.717, 1.165) is 19.4 Å². The van der Waals surface area contributed by atoms with Crippen molar-refractivity contribution in [1.82, 2.24) is 14.9 Å². The van der Waals surface area contributed by atoms with Gasteiger partial charge in [0.25, 0.3) is 5.91 Å². The molecule has 1 aliphatic heterocycles. The van der Waals surface area contributed by atoms with Crippen molar-refractivity contribution in [1.29, 1.82) is 0 Å². The first kappa shape index (κ1) is 14.8. The summed E-state index contributed by atoms with van der Waals surface area (Å²) in [6.07, 6.45) is 8.20. The third-order valence-electron chi connectivity index (χ3n) is 3.62. The molecule has 22 heavy (non-hydrogen) atoms. The molecule has 1 aliphatic rings. The predicted octanol–water partition coefficient (Wildman–Crippen LogP) is 2.81. The molecule has 0 N–H and O–H groups in total. The number of rotatable bonds is 3. The van der Waals surface area contributed by atoms with E-state index in [1.807, 2.05) is 4.90 Å². The minimum absolute atomic E-state index is 0.0107. The number of aromatic nitrogens is 2. The Balaban J connectivity index is 1.67. The number of likely N-dealkylation sites (tertiary alicyclic amines) is 1. The van der Waals surface area contributed by atoms with Crippen LogP contribution >= 0.6 is 11.6 Å². The van der Waals surface area contributed by atoms with Gasteiger partial charge in [-0.05, 0) is 25.0 Å². The number of hydrogen-bond acceptors (Lipinski definition) is 4. The average molecular weight is 318 g/mol. The van der Waals surface area contributed by atoms with Crippen LogP contribution in [0.25, 0.3) is 0 Å². The van der Waals surface area contributed by atoms with Crippen molar-refractivity contribution in [2.24, 2.45) is 0 Å². The fourth-order valence-corrected chi connectivity index (χ4v) is 2.70. The molecule has 0 aliphatic carbocycles. The molecule has 1 unspecified atom stereocenters. The SMILES string of the molecule is O=C(c1ccncc1)N1CCCC(Oc2ccncc2Cl)C1. The van der Waals surface area contributed by atoms with E-state index in [9.17, 15) is 4.79 Å². The molecule has 114 valence electrons. The van der Waals surface area contributed by atoms with Gasteiger partial charge in [0, 0.05) is 43.0 Å². The minimum Gasteiger partial charge on any atom is -0.487 e. The van der Waals surface area contributed by atoms with Crippen molar-refractivity contribution in [3.05, 3.63) is 53.6 Å². The summed E-state index contributed by atoms with van der Waals surface area (Å²) in [6.45, 7) is 1.30. The fourth-order valence-electron chi connectivity index (χ4n) is 2.53. The molecule has 2 aromatic rings. The second-order valence-corrected chi connectivity index (χ2v) is 5.58. The Bertz CT molecular complexity index is 651. The van der Waals surface area contributed by atoms with Crippen molar-refractivity contribution >= 4 is 17.5 Å². The van der Waals surface area contributed by atoms with Gasteiger partial charge >= 0.3 is 0 Å². The Labute approximate surface area is 133 Å². The smallest absolute Gasteiger partial charge is 0.254 e. The summed E-state index contributed by atoms with van der Waals surface area (Å²) in [6, 6.07) is 5.20. The van der Waals surface area contributed by atoms with Gasteiger partial charge in [-0.2, -0.15) is 0 Å². The largest absolute Gasteiger partial charge is 0.487 e. The number of carbonyl (C=O) groups excluding carboxylic acids is 1. The van der Waals surface area contributed by atoms with Crippen LogP contribution in [0.15, 0.2) is 43.0 Å². The van der Waals surface area contributed by atoms with Crippen LogP contribution < -0.4 is 4.74 Å². The van der Waals surface area contributed by atoms with Crippen molar-refractivity contribution in [3.63, 3.8) is 0 Å². The molecular formula is C16H16ClN3O2. The van der Waals surface area contributed by atoms with Crippen molar-refractivity contribution < 1.29 is 9.53 Å². The van der Waals surface area contributed by atoms with Crippen LogP contribution in [0.5, 0.6) is 5.75 Å². The van der Waals surface area contributed by atoms with E-state index in [-0.39, 0.29) is 12.0 Å². The lowest BCUT2D eigenvalue weighted by atomic mass is 10.1. The summed E-state index contributed by atoms with van der Waals surface area (Å²) in [5, 5.41) is 0.486. The summed E-state index contributed by atoms with van der Waals surface area (Å²) in [5.41, 5.74) is 0.651. The van der Waals surface area contributed by atoms with Crippen molar-refractivity contribution in [3.8, 4) is 5.75 Å². The van der Waals surface area contributed by atoms with Gasteiger partial charge in [0.2, 0.25) is 0 Å². The zero-order valence-corrected chi connectivity index (χ0v) is 12.7. The molecule has 0 saturated carbocycles. The Kier molecular flexibility index (Phi) is 4.53. The zero-order valence-electron chi connectivity index (χ0n) is 12.0. The highest BCUT2D eigenvalue weighted by Crippen LogP contribution is 2.25. The number of piperidine rings is 1. The van der Waals surface area contributed by atoms with Crippen LogP contribution in [0.3, 0.4) is 0 Å². The van der Waals surface area contributed by atoms with E-state index in [1.54, 1.807) is 43.0 Å². The zero-order chi connectivity index (χ0) is 15.4. The molecule has 0 bridgehead atoms. The molecule has 2 aromatic heterocycles. The Morgan fingerprint density at radius 3 is 2.77 bits per heavy atom. The molecule has 1 fully saturated rings. The first-order chi connectivity index (χ1) is 10.7. The third kappa shape index (κ3) is 3.36.